The second kappa shape index (κ2) is 6.87. The van der Waals surface area contributed by atoms with E-state index in [1.54, 1.807) is 30.3 Å². The monoisotopic (exact) mass is 358 g/mol. The predicted octanol–water partition coefficient (Wildman–Crippen LogP) is 0.670. The van der Waals surface area contributed by atoms with Crippen LogP contribution in [0.4, 0.5) is 15.3 Å². The molecule has 3 rings (SSSR count). The number of hydrogen-bond donors (Lipinski definition) is 2. The molecule has 0 aliphatic carbocycles. The summed E-state index contributed by atoms with van der Waals surface area (Å²) in [6, 6.07) is 6.45. The Hall–Kier alpha value is -3.36. The van der Waals surface area contributed by atoms with Gasteiger partial charge in [-0.2, -0.15) is 0 Å². The number of nitrogens with zero attached hydrogens (tertiary/aromatic N) is 2. The normalized spacial score (nSPS) is 21.2. The molecule has 0 unspecified atom stereocenters. The van der Waals surface area contributed by atoms with Crippen molar-refractivity contribution in [1.29, 1.82) is 0 Å². The zero-order valence-corrected chi connectivity index (χ0v) is 14.3. The van der Waals surface area contributed by atoms with Gasteiger partial charge in [0.15, 0.2) is 0 Å². The molecule has 0 bridgehead atoms. The first-order valence-corrected chi connectivity index (χ1v) is 7.98. The summed E-state index contributed by atoms with van der Waals surface area (Å²) in [5.74, 6) is -0.637. The third-order valence-electron chi connectivity index (χ3n) is 4.08. The average molecular weight is 358 g/mol. The number of likely N-dealkylation sites (N-methyl/N-ethyl adjacent to an activating group) is 1. The Bertz CT molecular complexity index is 802. The van der Waals surface area contributed by atoms with E-state index in [4.69, 9.17) is 4.74 Å². The molecule has 2 aliphatic heterocycles. The van der Waals surface area contributed by atoms with E-state index < -0.39 is 24.1 Å². The Morgan fingerprint density at radius 2 is 2.00 bits per heavy atom. The van der Waals surface area contributed by atoms with E-state index in [-0.39, 0.29) is 18.1 Å². The molecule has 2 saturated heterocycles. The zero-order valence-electron chi connectivity index (χ0n) is 14.3. The van der Waals surface area contributed by atoms with E-state index in [0.29, 0.717) is 17.8 Å². The quantitative estimate of drug-likeness (QED) is 0.608. The maximum atomic E-state index is 12.0. The number of carbonyl (C=O) groups excluding carboxylic acids is 4. The molecule has 0 saturated carbocycles. The zero-order chi connectivity index (χ0) is 18.8. The Morgan fingerprint density at radius 3 is 2.58 bits per heavy atom. The minimum atomic E-state index is -0.480. The summed E-state index contributed by atoms with van der Waals surface area (Å²) in [5.41, 5.74) is 1.60. The first-order chi connectivity index (χ1) is 12.3. The van der Waals surface area contributed by atoms with Crippen LogP contribution in [-0.4, -0.2) is 55.1 Å². The number of hydrogen-bond acceptors (Lipinski definition) is 5. The lowest BCUT2D eigenvalue weighted by Crippen LogP contribution is -2.33. The number of carbonyl (C=O) groups is 4. The molecule has 1 atom stereocenters. The van der Waals surface area contributed by atoms with Crippen LogP contribution in [0.25, 0.3) is 6.08 Å². The van der Waals surface area contributed by atoms with E-state index in [9.17, 15) is 19.2 Å². The van der Waals surface area contributed by atoms with Crippen molar-refractivity contribution < 1.29 is 23.9 Å². The molecule has 9 heteroatoms. The number of nitrogens with one attached hydrogen (secondary N) is 2. The number of amides is 5. The maximum absolute atomic E-state index is 12.0. The number of ether oxygens (including phenoxy) is 1. The van der Waals surface area contributed by atoms with Gasteiger partial charge in [0.1, 0.15) is 11.8 Å². The minimum absolute atomic E-state index is 0.184. The molecule has 1 aromatic carbocycles. The average Bonchev–Trinajstić information content (AvgIpc) is 3.08. The molecule has 2 aliphatic rings. The molecule has 0 spiro atoms. The molecule has 9 nitrogen and oxygen atoms in total. The fourth-order valence-electron chi connectivity index (χ4n) is 2.67. The Kier molecular flexibility index (Phi) is 4.61. The molecule has 2 heterocycles. The van der Waals surface area contributed by atoms with Crippen LogP contribution in [0.3, 0.4) is 0 Å². The van der Waals surface area contributed by atoms with E-state index in [2.05, 4.69) is 10.6 Å². The molecule has 136 valence electrons. The van der Waals surface area contributed by atoms with Crippen molar-refractivity contribution >= 4 is 35.7 Å². The van der Waals surface area contributed by atoms with Gasteiger partial charge in [-0.3, -0.25) is 24.7 Å². The maximum Gasteiger partial charge on any atom is 0.414 e. The van der Waals surface area contributed by atoms with Gasteiger partial charge < -0.3 is 10.1 Å². The number of benzene rings is 1. The highest BCUT2D eigenvalue weighted by molar-refractivity contribution is 6.13. The third kappa shape index (κ3) is 3.51. The molecule has 1 aromatic rings. The van der Waals surface area contributed by atoms with Gasteiger partial charge in [0.2, 0.25) is 5.91 Å². The van der Waals surface area contributed by atoms with E-state index in [1.807, 2.05) is 0 Å². The molecular weight excluding hydrogens is 340 g/mol. The molecule has 2 N–H and O–H groups in total. The lowest BCUT2D eigenvalue weighted by Gasteiger charge is -2.13. The van der Waals surface area contributed by atoms with Crippen LogP contribution >= 0.6 is 0 Å². The van der Waals surface area contributed by atoms with Gasteiger partial charge in [-0.1, -0.05) is 12.1 Å². The fourth-order valence-corrected chi connectivity index (χ4v) is 2.67. The minimum Gasteiger partial charge on any atom is -0.442 e. The summed E-state index contributed by atoms with van der Waals surface area (Å²) >= 11 is 0. The van der Waals surface area contributed by atoms with Crippen LogP contribution in [0.15, 0.2) is 30.0 Å². The molecule has 2 fully saturated rings. The lowest BCUT2D eigenvalue weighted by molar-refractivity contribution is -0.119. The predicted molar refractivity (Wildman–Crippen MR) is 92.0 cm³/mol. The Labute approximate surface area is 149 Å². The molecule has 5 amide bonds. The van der Waals surface area contributed by atoms with Gasteiger partial charge in [-0.05, 0) is 23.8 Å². The van der Waals surface area contributed by atoms with Crippen LogP contribution in [0, 0.1) is 0 Å². The topological polar surface area (TPSA) is 108 Å². The van der Waals surface area contributed by atoms with E-state index in [0.717, 1.165) is 0 Å². The summed E-state index contributed by atoms with van der Waals surface area (Å²) in [4.78, 5) is 48.8. The Balaban J connectivity index is 1.70. The number of cyclic esters (lactones) is 1. The van der Waals surface area contributed by atoms with Crippen molar-refractivity contribution in [3.8, 4) is 0 Å². The van der Waals surface area contributed by atoms with Crippen LogP contribution < -0.4 is 15.5 Å². The smallest absolute Gasteiger partial charge is 0.414 e. The largest absolute Gasteiger partial charge is 0.442 e. The number of rotatable bonds is 4. The van der Waals surface area contributed by atoms with Crippen LogP contribution in [-0.2, 0) is 14.3 Å². The van der Waals surface area contributed by atoms with Crippen molar-refractivity contribution in [2.24, 2.45) is 0 Å². The highest BCUT2D eigenvalue weighted by Gasteiger charge is 2.32. The summed E-state index contributed by atoms with van der Waals surface area (Å²) in [5, 5.41) is 4.82. The number of imide groups is 1. The summed E-state index contributed by atoms with van der Waals surface area (Å²) in [6.07, 6.45) is 0.702. The van der Waals surface area contributed by atoms with Gasteiger partial charge in [0, 0.05) is 19.7 Å². The molecule has 0 aromatic heterocycles. The number of urea groups is 1. The van der Waals surface area contributed by atoms with Gasteiger partial charge in [0.25, 0.3) is 5.91 Å². The lowest BCUT2D eigenvalue weighted by atomic mass is 10.1. The standard InChI is InChI=1S/C17H18N4O5/c1-10(22)18-8-13-9-21(17(25)26-13)12-5-3-11(4-6-12)7-14-15(23)19-16(24)20(14)2/h3-7,13H,8-9H2,1-2H3,(H,18,22)(H,19,23,24)/t13-/m0/s1. The summed E-state index contributed by atoms with van der Waals surface area (Å²) in [6.45, 7) is 1.99. The number of anilines is 1. The molecular formula is C17H18N4O5. The van der Waals surface area contributed by atoms with Crippen molar-refractivity contribution in [2.75, 3.05) is 25.0 Å². The van der Waals surface area contributed by atoms with Crippen molar-refractivity contribution in [2.45, 2.75) is 13.0 Å². The SMILES string of the molecule is CC(=O)NC[C@H]1CN(c2ccc(C=C3C(=O)NC(=O)N3C)cc2)C(=O)O1. The first-order valence-electron chi connectivity index (χ1n) is 7.98. The first kappa shape index (κ1) is 17.5. The van der Waals surface area contributed by atoms with E-state index in [1.165, 1.54) is 23.8 Å². The van der Waals surface area contributed by atoms with Crippen molar-refractivity contribution in [3.05, 3.63) is 35.5 Å². The van der Waals surface area contributed by atoms with Gasteiger partial charge in [-0.25, -0.2) is 9.59 Å². The second-order valence-corrected chi connectivity index (χ2v) is 5.99. The van der Waals surface area contributed by atoms with Crippen LogP contribution in [0.2, 0.25) is 0 Å². The van der Waals surface area contributed by atoms with Crippen LogP contribution in [0.5, 0.6) is 0 Å². The van der Waals surface area contributed by atoms with Crippen LogP contribution in [0.1, 0.15) is 12.5 Å². The van der Waals surface area contributed by atoms with Gasteiger partial charge >= 0.3 is 12.1 Å². The summed E-state index contributed by atoms with van der Waals surface area (Å²) in [7, 11) is 1.51. The van der Waals surface area contributed by atoms with E-state index >= 15 is 0 Å². The molecule has 0 radical (unpaired) electrons. The second-order valence-electron chi connectivity index (χ2n) is 5.99. The van der Waals surface area contributed by atoms with Gasteiger partial charge in [0.05, 0.1) is 13.1 Å². The third-order valence-corrected chi connectivity index (χ3v) is 4.08. The van der Waals surface area contributed by atoms with Crippen molar-refractivity contribution in [1.82, 2.24) is 15.5 Å². The summed E-state index contributed by atoms with van der Waals surface area (Å²) < 4.78 is 5.22. The van der Waals surface area contributed by atoms with Gasteiger partial charge in [-0.15, -0.1) is 0 Å². The fraction of sp³-hybridized carbons (Fsp3) is 0.294. The highest BCUT2D eigenvalue weighted by Crippen LogP contribution is 2.23. The highest BCUT2D eigenvalue weighted by atomic mass is 16.6. The van der Waals surface area contributed by atoms with Crippen molar-refractivity contribution in [3.63, 3.8) is 0 Å². The Morgan fingerprint density at radius 1 is 1.31 bits per heavy atom. The molecule has 26 heavy (non-hydrogen) atoms.